The van der Waals surface area contributed by atoms with E-state index in [-0.39, 0.29) is 30.5 Å². The van der Waals surface area contributed by atoms with Crippen molar-refractivity contribution in [2.75, 3.05) is 31.2 Å². The number of nitrogens with one attached hydrogen (secondary N) is 1. The van der Waals surface area contributed by atoms with E-state index >= 15 is 0 Å². The Kier molecular flexibility index (Phi) is 5.88. The minimum absolute atomic E-state index is 0.0317. The zero-order valence-corrected chi connectivity index (χ0v) is 14.6. The van der Waals surface area contributed by atoms with Crippen molar-refractivity contribution < 1.29 is 32.2 Å². The smallest absolute Gasteiger partial charge is 0.406 e. The van der Waals surface area contributed by atoms with Gasteiger partial charge in [-0.3, -0.25) is 9.59 Å². The van der Waals surface area contributed by atoms with E-state index in [0.29, 0.717) is 25.7 Å². The molecule has 0 aromatic heterocycles. The van der Waals surface area contributed by atoms with Gasteiger partial charge < -0.3 is 19.7 Å². The van der Waals surface area contributed by atoms with Crippen LogP contribution in [0.5, 0.6) is 5.75 Å². The van der Waals surface area contributed by atoms with Gasteiger partial charge in [-0.15, -0.1) is 13.2 Å². The summed E-state index contributed by atoms with van der Waals surface area (Å²) in [6, 6.07) is 5.20. The lowest BCUT2D eigenvalue weighted by Gasteiger charge is -2.23. The summed E-state index contributed by atoms with van der Waals surface area (Å²) in [7, 11) is 0. The van der Waals surface area contributed by atoms with Crippen molar-refractivity contribution in [3.63, 3.8) is 0 Å². The summed E-state index contributed by atoms with van der Waals surface area (Å²) in [5.74, 6) is -1.07. The number of alkyl halides is 3. The number of hydrogen-bond donors (Lipinski definition) is 1. The summed E-state index contributed by atoms with van der Waals surface area (Å²) in [4.78, 5) is 26.0. The van der Waals surface area contributed by atoms with E-state index < -0.39 is 18.0 Å². The predicted molar refractivity (Wildman–Crippen MR) is 90.1 cm³/mol. The Bertz CT molecular complexity index is 689. The van der Waals surface area contributed by atoms with Gasteiger partial charge in [0.25, 0.3) is 0 Å². The van der Waals surface area contributed by atoms with Crippen molar-refractivity contribution in [3.05, 3.63) is 24.3 Å². The number of carbonyl (C=O) groups is 2. The summed E-state index contributed by atoms with van der Waals surface area (Å²) in [5.41, 5.74) is 0.279. The zero-order valence-electron chi connectivity index (χ0n) is 14.6. The predicted octanol–water partition coefficient (Wildman–Crippen LogP) is 2.48. The first-order chi connectivity index (χ1) is 12.8. The van der Waals surface area contributed by atoms with Crippen LogP contribution in [0, 0.1) is 11.8 Å². The van der Waals surface area contributed by atoms with Gasteiger partial charge in [-0.25, -0.2) is 0 Å². The lowest BCUT2D eigenvalue weighted by atomic mass is 10.00. The molecule has 1 N–H and O–H groups in total. The van der Waals surface area contributed by atoms with Crippen LogP contribution in [0.15, 0.2) is 24.3 Å². The van der Waals surface area contributed by atoms with E-state index in [1.807, 2.05) is 0 Å². The summed E-state index contributed by atoms with van der Waals surface area (Å²) >= 11 is 0. The lowest BCUT2D eigenvalue weighted by molar-refractivity contribution is -0.274. The number of ether oxygens (including phenoxy) is 2. The van der Waals surface area contributed by atoms with Crippen LogP contribution in [-0.4, -0.2) is 44.5 Å². The van der Waals surface area contributed by atoms with Crippen LogP contribution in [0.3, 0.4) is 0 Å². The highest BCUT2D eigenvalue weighted by molar-refractivity contribution is 6.00. The standard InChI is InChI=1S/C18H21F3N2O4/c19-18(20,21)27-15-3-1-2-14(9-15)23-11-13(8-16(23)24)17(25)22-10-12-4-6-26-7-5-12/h1-3,9,12-13H,4-8,10-11H2,(H,22,25)/t13-/m0/s1. The molecule has 1 aromatic rings. The Hall–Kier alpha value is -2.29. The minimum Gasteiger partial charge on any atom is -0.406 e. The van der Waals surface area contributed by atoms with Crippen molar-refractivity contribution in [2.24, 2.45) is 11.8 Å². The molecule has 1 atom stereocenters. The number of carbonyl (C=O) groups excluding carboxylic acids is 2. The highest BCUT2D eigenvalue weighted by Crippen LogP contribution is 2.30. The van der Waals surface area contributed by atoms with Crippen LogP contribution >= 0.6 is 0 Å². The summed E-state index contributed by atoms with van der Waals surface area (Å²) in [6.45, 7) is 2.05. The molecule has 0 aliphatic carbocycles. The Labute approximate surface area is 154 Å². The summed E-state index contributed by atoms with van der Waals surface area (Å²) in [5, 5.41) is 2.88. The second kappa shape index (κ2) is 8.16. The fourth-order valence-corrected chi connectivity index (χ4v) is 3.32. The molecule has 148 valence electrons. The molecule has 2 amide bonds. The minimum atomic E-state index is -4.81. The maximum absolute atomic E-state index is 12.4. The van der Waals surface area contributed by atoms with Gasteiger partial charge in [0.1, 0.15) is 5.75 Å². The number of benzene rings is 1. The molecular weight excluding hydrogens is 365 g/mol. The second-order valence-electron chi connectivity index (χ2n) is 6.75. The Morgan fingerprint density at radius 2 is 2.04 bits per heavy atom. The molecule has 2 aliphatic heterocycles. The third-order valence-corrected chi connectivity index (χ3v) is 4.76. The average Bonchev–Trinajstić information content (AvgIpc) is 3.01. The second-order valence-corrected chi connectivity index (χ2v) is 6.75. The topological polar surface area (TPSA) is 67.9 Å². The van der Waals surface area contributed by atoms with E-state index in [1.165, 1.54) is 17.0 Å². The zero-order chi connectivity index (χ0) is 19.4. The number of rotatable bonds is 5. The van der Waals surface area contributed by atoms with Crippen molar-refractivity contribution in [2.45, 2.75) is 25.6 Å². The number of hydrogen-bond acceptors (Lipinski definition) is 4. The van der Waals surface area contributed by atoms with E-state index in [0.717, 1.165) is 25.0 Å². The van der Waals surface area contributed by atoms with Crippen LogP contribution in [0.25, 0.3) is 0 Å². The molecule has 0 spiro atoms. The van der Waals surface area contributed by atoms with E-state index in [9.17, 15) is 22.8 Å². The van der Waals surface area contributed by atoms with Crippen LogP contribution in [0.2, 0.25) is 0 Å². The Balaban J connectivity index is 1.58. The molecule has 0 radical (unpaired) electrons. The first kappa shape index (κ1) is 19.5. The number of nitrogens with zero attached hydrogens (tertiary/aromatic N) is 1. The lowest BCUT2D eigenvalue weighted by Crippen LogP contribution is -2.37. The molecule has 3 rings (SSSR count). The van der Waals surface area contributed by atoms with E-state index in [1.54, 1.807) is 0 Å². The fourth-order valence-electron chi connectivity index (χ4n) is 3.32. The van der Waals surface area contributed by atoms with Gasteiger partial charge in [0.05, 0.1) is 5.92 Å². The number of anilines is 1. The largest absolute Gasteiger partial charge is 0.573 e. The summed E-state index contributed by atoms with van der Waals surface area (Å²) in [6.07, 6.45) is -2.99. The van der Waals surface area contributed by atoms with Gasteiger partial charge in [0.2, 0.25) is 11.8 Å². The highest BCUT2D eigenvalue weighted by atomic mass is 19.4. The van der Waals surface area contributed by atoms with Gasteiger partial charge in [0, 0.05) is 44.5 Å². The third kappa shape index (κ3) is 5.35. The normalized spacial score (nSPS) is 21.4. The molecule has 1 aromatic carbocycles. The van der Waals surface area contributed by atoms with Crippen LogP contribution < -0.4 is 15.0 Å². The van der Waals surface area contributed by atoms with E-state index in [2.05, 4.69) is 10.1 Å². The fraction of sp³-hybridized carbons (Fsp3) is 0.556. The molecular formula is C18H21F3N2O4. The van der Waals surface area contributed by atoms with Crippen molar-refractivity contribution in [1.29, 1.82) is 0 Å². The number of halogens is 3. The SMILES string of the molecule is O=C(NCC1CCOCC1)[C@H]1CC(=O)N(c2cccc(OC(F)(F)F)c2)C1. The van der Waals surface area contributed by atoms with Crippen LogP contribution in [0.1, 0.15) is 19.3 Å². The van der Waals surface area contributed by atoms with E-state index in [4.69, 9.17) is 4.74 Å². The third-order valence-electron chi connectivity index (χ3n) is 4.76. The highest BCUT2D eigenvalue weighted by Gasteiger charge is 2.36. The first-order valence-corrected chi connectivity index (χ1v) is 8.83. The van der Waals surface area contributed by atoms with Crippen LogP contribution in [-0.2, 0) is 14.3 Å². The average molecular weight is 386 g/mol. The molecule has 2 fully saturated rings. The maximum Gasteiger partial charge on any atom is 0.573 e. The summed E-state index contributed by atoms with van der Waals surface area (Å²) < 4.78 is 46.3. The van der Waals surface area contributed by atoms with Gasteiger partial charge >= 0.3 is 6.36 Å². The van der Waals surface area contributed by atoms with Gasteiger partial charge in [-0.05, 0) is 30.9 Å². The molecule has 27 heavy (non-hydrogen) atoms. The Morgan fingerprint density at radius 3 is 2.74 bits per heavy atom. The van der Waals surface area contributed by atoms with Crippen molar-refractivity contribution in [1.82, 2.24) is 5.32 Å². The first-order valence-electron chi connectivity index (χ1n) is 8.83. The van der Waals surface area contributed by atoms with Crippen molar-refractivity contribution in [3.8, 4) is 5.75 Å². The Morgan fingerprint density at radius 1 is 1.30 bits per heavy atom. The molecule has 0 unspecified atom stereocenters. The molecule has 9 heteroatoms. The molecule has 2 heterocycles. The molecule has 0 saturated carbocycles. The maximum atomic E-state index is 12.4. The molecule has 6 nitrogen and oxygen atoms in total. The molecule has 2 saturated heterocycles. The van der Waals surface area contributed by atoms with Gasteiger partial charge in [0.15, 0.2) is 0 Å². The number of amides is 2. The molecule has 0 bridgehead atoms. The van der Waals surface area contributed by atoms with Crippen LogP contribution in [0.4, 0.5) is 18.9 Å². The van der Waals surface area contributed by atoms with Gasteiger partial charge in [-0.1, -0.05) is 6.07 Å². The quantitative estimate of drug-likeness (QED) is 0.844. The molecule has 2 aliphatic rings. The van der Waals surface area contributed by atoms with Crippen molar-refractivity contribution >= 4 is 17.5 Å². The van der Waals surface area contributed by atoms with Gasteiger partial charge in [-0.2, -0.15) is 0 Å². The monoisotopic (exact) mass is 386 g/mol.